The minimum absolute atomic E-state index is 0.0217. The van der Waals surface area contributed by atoms with Crippen molar-refractivity contribution in [3.63, 3.8) is 0 Å². The van der Waals surface area contributed by atoms with Crippen molar-refractivity contribution in [1.82, 2.24) is 15.2 Å². The van der Waals surface area contributed by atoms with Gasteiger partial charge in [-0.3, -0.25) is 14.7 Å². The van der Waals surface area contributed by atoms with Gasteiger partial charge in [0.25, 0.3) is 5.91 Å². The first-order chi connectivity index (χ1) is 17.8. The lowest BCUT2D eigenvalue weighted by molar-refractivity contribution is -0.268. The van der Waals surface area contributed by atoms with Crippen LogP contribution in [-0.2, 0) is 30.4 Å². The van der Waals surface area contributed by atoms with Crippen LogP contribution in [0.1, 0.15) is 49.9 Å². The van der Waals surface area contributed by atoms with E-state index < -0.39 is 24.3 Å². The quantitative estimate of drug-likeness (QED) is 0.281. The number of H-pyrrole nitrogens is 1. The molecule has 0 saturated carbocycles. The van der Waals surface area contributed by atoms with Crippen LogP contribution < -0.4 is 5.32 Å². The minimum Gasteiger partial charge on any atom is -0.453 e. The highest BCUT2D eigenvalue weighted by Gasteiger charge is 2.38. The molecule has 0 spiro atoms. The smallest absolute Gasteiger partial charge is 0.303 e. The van der Waals surface area contributed by atoms with Crippen molar-refractivity contribution in [3.05, 3.63) is 71.5 Å². The SMILES string of the molecule is CC(=O)O[C@@H](C)C(=O)Nc1ccc([C@@H]2O[C@H](CSc3ncn[nH]3)[C@H](C)[C@H](c3ccc(CO)cc3)O2)cc1. The Morgan fingerprint density at radius 1 is 1.14 bits per heavy atom. The van der Waals surface area contributed by atoms with Crippen molar-refractivity contribution in [3.8, 4) is 0 Å². The fourth-order valence-electron chi connectivity index (χ4n) is 4.00. The molecule has 1 aromatic heterocycles. The maximum absolute atomic E-state index is 12.3. The van der Waals surface area contributed by atoms with Crippen molar-refractivity contribution in [2.75, 3.05) is 11.1 Å². The number of aromatic amines is 1. The van der Waals surface area contributed by atoms with Crippen LogP contribution in [0.15, 0.2) is 60.0 Å². The van der Waals surface area contributed by atoms with E-state index in [9.17, 15) is 14.7 Å². The van der Waals surface area contributed by atoms with Crippen LogP contribution in [0.3, 0.4) is 0 Å². The predicted molar refractivity (Wildman–Crippen MR) is 136 cm³/mol. The molecule has 5 atom stereocenters. The Morgan fingerprint density at radius 3 is 2.46 bits per heavy atom. The van der Waals surface area contributed by atoms with Gasteiger partial charge in [-0.15, -0.1) is 0 Å². The van der Waals surface area contributed by atoms with E-state index in [4.69, 9.17) is 14.2 Å². The second-order valence-corrected chi connectivity index (χ2v) is 9.80. The lowest BCUT2D eigenvalue weighted by atomic mass is 9.91. The van der Waals surface area contributed by atoms with Crippen LogP contribution >= 0.6 is 11.8 Å². The zero-order valence-corrected chi connectivity index (χ0v) is 21.6. The largest absolute Gasteiger partial charge is 0.453 e. The number of aliphatic hydroxyl groups excluding tert-OH is 1. The van der Waals surface area contributed by atoms with Crippen LogP contribution in [0.4, 0.5) is 5.69 Å². The number of anilines is 1. The summed E-state index contributed by atoms with van der Waals surface area (Å²) in [5.74, 6) is -0.259. The number of benzene rings is 2. The third-order valence-corrected chi connectivity index (χ3v) is 7.03. The molecule has 4 rings (SSSR count). The highest BCUT2D eigenvalue weighted by Crippen LogP contribution is 2.42. The van der Waals surface area contributed by atoms with Gasteiger partial charge in [0.2, 0.25) is 0 Å². The summed E-state index contributed by atoms with van der Waals surface area (Å²) in [6.45, 7) is 4.84. The molecule has 11 heteroatoms. The molecule has 1 aliphatic heterocycles. The predicted octanol–water partition coefficient (Wildman–Crippen LogP) is 3.77. The van der Waals surface area contributed by atoms with Crippen LogP contribution in [0.2, 0.25) is 0 Å². The number of esters is 1. The highest BCUT2D eigenvalue weighted by atomic mass is 32.2. The molecule has 3 N–H and O–H groups in total. The van der Waals surface area contributed by atoms with Gasteiger partial charge in [-0.2, -0.15) is 5.10 Å². The Morgan fingerprint density at radius 2 is 1.84 bits per heavy atom. The van der Waals surface area contributed by atoms with Gasteiger partial charge in [-0.05, 0) is 30.2 Å². The number of carbonyl (C=O) groups excluding carboxylic acids is 2. The summed E-state index contributed by atoms with van der Waals surface area (Å²) in [4.78, 5) is 27.5. The molecule has 0 aliphatic carbocycles. The lowest BCUT2D eigenvalue weighted by Gasteiger charge is -2.41. The average molecular weight is 527 g/mol. The van der Waals surface area contributed by atoms with E-state index in [0.29, 0.717) is 16.6 Å². The monoisotopic (exact) mass is 526 g/mol. The Labute approximate surface area is 219 Å². The number of ether oxygens (including phenoxy) is 3. The number of aliphatic hydroxyl groups is 1. The zero-order chi connectivity index (χ0) is 26.4. The summed E-state index contributed by atoms with van der Waals surface area (Å²) in [7, 11) is 0. The van der Waals surface area contributed by atoms with Gasteiger partial charge < -0.3 is 24.6 Å². The molecule has 1 aliphatic rings. The molecular weight excluding hydrogens is 496 g/mol. The summed E-state index contributed by atoms with van der Waals surface area (Å²) in [6, 6.07) is 14.9. The average Bonchev–Trinajstić information content (AvgIpc) is 3.42. The molecule has 37 heavy (non-hydrogen) atoms. The Balaban J connectivity index is 1.50. The number of carbonyl (C=O) groups is 2. The van der Waals surface area contributed by atoms with Crippen molar-refractivity contribution in [1.29, 1.82) is 0 Å². The van der Waals surface area contributed by atoms with E-state index in [1.165, 1.54) is 31.9 Å². The summed E-state index contributed by atoms with van der Waals surface area (Å²) in [5, 5.41) is 19.6. The summed E-state index contributed by atoms with van der Waals surface area (Å²) in [5.41, 5.74) is 3.18. The van der Waals surface area contributed by atoms with Gasteiger partial charge in [0.1, 0.15) is 6.33 Å². The van der Waals surface area contributed by atoms with Crippen LogP contribution in [-0.4, -0.2) is 50.1 Å². The number of rotatable bonds is 9. The normalized spacial score (nSPS) is 22.3. The fraction of sp³-hybridized carbons (Fsp3) is 0.385. The standard InChI is InChI=1S/C26H30N4O6S/c1-15-22(13-37-26-27-14-28-30-26)35-25(36-23(15)19-6-4-18(12-31)5-7-19)20-8-10-21(11-9-20)29-24(33)16(2)34-17(3)32/h4-11,14-16,22-23,25,31H,12-13H2,1-3H3,(H,29,33)(H,27,28,30)/t15-,16-,22+,23+,25+/m0/s1. The van der Waals surface area contributed by atoms with Gasteiger partial charge in [-0.25, -0.2) is 4.98 Å². The van der Waals surface area contributed by atoms with Crippen LogP contribution in [0.5, 0.6) is 0 Å². The number of nitrogens with one attached hydrogen (secondary N) is 2. The molecule has 0 bridgehead atoms. The molecule has 196 valence electrons. The number of hydrogen-bond donors (Lipinski definition) is 3. The molecule has 3 aromatic rings. The minimum atomic E-state index is -0.899. The van der Waals surface area contributed by atoms with Gasteiger partial charge in [0.05, 0.1) is 18.8 Å². The third kappa shape index (κ3) is 6.95. The highest BCUT2D eigenvalue weighted by molar-refractivity contribution is 7.99. The summed E-state index contributed by atoms with van der Waals surface area (Å²) >= 11 is 1.53. The van der Waals surface area contributed by atoms with E-state index in [1.807, 2.05) is 36.4 Å². The summed E-state index contributed by atoms with van der Waals surface area (Å²) in [6.07, 6.45) is -0.456. The number of thioether (sulfide) groups is 1. The van der Waals surface area contributed by atoms with Crippen molar-refractivity contribution in [2.24, 2.45) is 5.92 Å². The Hall–Kier alpha value is -3.25. The van der Waals surface area contributed by atoms with E-state index in [0.717, 1.165) is 16.7 Å². The molecule has 1 saturated heterocycles. The topological polar surface area (TPSA) is 136 Å². The number of nitrogens with zero attached hydrogens (tertiary/aromatic N) is 2. The first-order valence-corrected chi connectivity index (χ1v) is 12.9. The van der Waals surface area contributed by atoms with Gasteiger partial charge in [0, 0.05) is 29.8 Å². The second-order valence-electron chi connectivity index (χ2n) is 8.79. The van der Waals surface area contributed by atoms with Crippen molar-refractivity contribution < 1.29 is 28.9 Å². The van der Waals surface area contributed by atoms with Crippen molar-refractivity contribution >= 4 is 29.3 Å². The molecular formula is C26H30N4O6S. The first kappa shape index (κ1) is 26.8. The van der Waals surface area contributed by atoms with E-state index in [1.54, 1.807) is 12.1 Å². The maximum atomic E-state index is 12.3. The lowest BCUT2D eigenvalue weighted by Crippen LogP contribution is -2.38. The molecule has 2 heterocycles. The fourth-order valence-corrected chi connectivity index (χ4v) is 4.95. The van der Waals surface area contributed by atoms with Crippen LogP contribution in [0, 0.1) is 5.92 Å². The Kier molecular flexibility index (Phi) is 8.93. The molecule has 1 amide bonds. The van der Waals surface area contributed by atoms with E-state index in [-0.39, 0.29) is 24.7 Å². The molecule has 1 fully saturated rings. The third-order valence-electron chi connectivity index (χ3n) is 6.06. The van der Waals surface area contributed by atoms with Crippen LogP contribution in [0.25, 0.3) is 0 Å². The molecule has 2 aromatic carbocycles. The number of hydrogen-bond acceptors (Lipinski definition) is 9. The maximum Gasteiger partial charge on any atom is 0.303 e. The van der Waals surface area contributed by atoms with E-state index >= 15 is 0 Å². The van der Waals surface area contributed by atoms with Gasteiger partial charge in [-0.1, -0.05) is 55.1 Å². The second kappa shape index (κ2) is 12.3. The summed E-state index contributed by atoms with van der Waals surface area (Å²) < 4.78 is 17.8. The number of aromatic nitrogens is 3. The van der Waals surface area contributed by atoms with Gasteiger partial charge >= 0.3 is 5.97 Å². The molecule has 0 unspecified atom stereocenters. The van der Waals surface area contributed by atoms with Crippen molar-refractivity contribution in [2.45, 2.75) is 57.1 Å². The number of amides is 1. The first-order valence-electron chi connectivity index (χ1n) is 11.9. The van der Waals surface area contributed by atoms with Gasteiger partial charge in [0.15, 0.2) is 17.6 Å². The van der Waals surface area contributed by atoms with E-state index in [2.05, 4.69) is 27.4 Å². The molecule has 0 radical (unpaired) electrons. The zero-order valence-electron chi connectivity index (χ0n) is 20.8. The Bertz CT molecular complexity index is 1170. The molecule has 10 nitrogen and oxygen atoms in total.